The third-order valence-electron chi connectivity index (χ3n) is 4.60. The van der Waals surface area contributed by atoms with E-state index in [1.54, 1.807) is 18.2 Å². The molecule has 0 saturated heterocycles. The maximum atomic E-state index is 12.5. The fraction of sp³-hybridized carbons (Fsp3) is 0.182. The van der Waals surface area contributed by atoms with Crippen LogP contribution in [0, 0.1) is 13.8 Å². The Hall–Kier alpha value is -3.34. The molecule has 0 atom stereocenters. The summed E-state index contributed by atoms with van der Waals surface area (Å²) in [5.74, 6) is -1.19. The molecule has 1 heterocycles. The summed E-state index contributed by atoms with van der Waals surface area (Å²) < 4.78 is 7.13. The highest BCUT2D eigenvalue weighted by Crippen LogP contribution is 2.25. The lowest BCUT2D eigenvalue weighted by atomic mass is 10.1. The van der Waals surface area contributed by atoms with Gasteiger partial charge in [-0.15, -0.1) is 6.58 Å². The smallest absolute Gasteiger partial charge is 0.342 e. The maximum Gasteiger partial charge on any atom is 0.342 e. The highest BCUT2D eigenvalue weighted by atomic mass is 16.5. The second-order valence-corrected chi connectivity index (χ2v) is 6.40. The molecule has 0 unspecified atom stereocenters. The van der Waals surface area contributed by atoms with Gasteiger partial charge in [-0.3, -0.25) is 4.79 Å². The molecule has 5 nitrogen and oxygen atoms in total. The van der Waals surface area contributed by atoms with Gasteiger partial charge in [0.1, 0.15) is 11.3 Å². The first-order valence-corrected chi connectivity index (χ1v) is 8.62. The first kappa shape index (κ1) is 18.5. The van der Waals surface area contributed by atoms with Crippen LogP contribution in [0.2, 0.25) is 0 Å². The monoisotopic (exact) mass is 363 g/mol. The Labute approximate surface area is 157 Å². The molecule has 5 heteroatoms. The number of carbonyl (C=O) groups is 2. The van der Waals surface area contributed by atoms with Crippen molar-refractivity contribution in [3.8, 4) is 5.75 Å². The largest absolute Gasteiger partial charge is 0.507 e. The maximum absolute atomic E-state index is 12.5. The van der Waals surface area contributed by atoms with Crippen molar-refractivity contribution in [2.24, 2.45) is 0 Å². The molecule has 0 radical (unpaired) electrons. The lowest BCUT2D eigenvalue weighted by Crippen LogP contribution is -2.15. The molecule has 0 aliphatic rings. The molecule has 0 saturated carbocycles. The summed E-state index contributed by atoms with van der Waals surface area (Å²) in [6, 6.07) is 12.2. The van der Waals surface area contributed by atoms with Gasteiger partial charge in [0.25, 0.3) is 0 Å². The van der Waals surface area contributed by atoms with Crippen LogP contribution in [0.3, 0.4) is 0 Å². The van der Waals surface area contributed by atoms with Crippen LogP contribution in [0.4, 0.5) is 0 Å². The molecule has 3 aromatic rings. The summed E-state index contributed by atoms with van der Waals surface area (Å²) in [6.07, 6.45) is 1.76. The number of hydrogen-bond donors (Lipinski definition) is 1. The van der Waals surface area contributed by atoms with E-state index in [-0.39, 0.29) is 23.7 Å². The number of allylic oxidation sites excluding steroid dienone is 1. The van der Waals surface area contributed by atoms with Crippen molar-refractivity contribution in [3.63, 3.8) is 0 Å². The minimum absolute atomic E-state index is 0.0404. The molecule has 1 N–H and O–H groups in total. The average molecular weight is 363 g/mol. The van der Waals surface area contributed by atoms with Crippen LogP contribution >= 0.6 is 0 Å². The molecular formula is C22H21NO4. The number of phenols is 1. The summed E-state index contributed by atoms with van der Waals surface area (Å²) in [5, 5.41) is 11.7. The van der Waals surface area contributed by atoms with Crippen molar-refractivity contribution in [2.45, 2.75) is 20.4 Å². The van der Waals surface area contributed by atoms with Gasteiger partial charge in [0.15, 0.2) is 6.61 Å². The highest BCUT2D eigenvalue weighted by molar-refractivity contribution is 6.02. The minimum Gasteiger partial charge on any atom is -0.507 e. The lowest BCUT2D eigenvalue weighted by Gasteiger charge is -2.08. The zero-order valence-corrected chi connectivity index (χ0v) is 15.4. The number of fused-ring (bicyclic) bond motifs is 1. The van der Waals surface area contributed by atoms with E-state index >= 15 is 0 Å². The summed E-state index contributed by atoms with van der Waals surface area (Å²) in [5.41, 5.74) is 2.31. The van der Waals surface area contributed by atoms with Crippen molar-refractivity contribution in [3.05, 3.63) is 77.6 Å². The molecular weight excluding hydrogens is 342 g/mol. The molecule has 0 amide bonds. The van der Waals surface area contributed by atoms with Crippen molar-refractivity contribution < 1.29 is 19.4 Å². The quantitative estimate of drug-likeness (QED) is 0.405. The molecule has 0 aliphatic heterocycles. The average Bonchev–Trinajstić information content (AvgIpc) is 2.94. The first-order valence-electron chi connectivity index (χ1n) is 8.62. The van der Waals surface area contributed by atoms with Crippen LogP contribution in [0.25, 0.3) is 10.8 Å². The topological polar surface area (TPSA) is 68.5 Å². The summed E-state index contributed by atoms with van der Waals surface area (Å²) >= 11 is 0. The van der Waals surface area contributed by atoms with Gasteiger partial charge < -0.3 is 14.4 Å². The molecule has 0 spiro atoms. The van der Waals surface area contributed by atoms with Crippen molar-refractivity contribution >= 4 is 22.5 Å². The molecule has 0 aliphatic carbocycles. The van der Waals surface area contributed by atoms with E-state index < -0.39 is 5.97 Å². The SMILES string of the molecule is C=CCn1c(C)cc(C(=O)COC(=O)c2cc3ccccc3cc2O)c1C. The van der Waals surface area contributed by atoms with E-state index in [4.69, 9.17) is 4.74 Å². The van der Waals surface area contributed by atoms with Gasteiger partial charge in [-0.1, -0.05) is 30.3 Å². The van der Waals surface area contributed by atoms with E-state index in [0.717, 1.165) is 22.2 Å². The normalized spacial score (nSPS) is 10.7. The van der Waals surface area contributed by atoms with Crippen molar-refractivity contribution in [1.82, 2.24) is 4.57 Å². The van der Waals surface area contributed by atoms with E-state index in [1.165, 1.54) is 6.07 Å². The van der Waals surface area contributed by atoms with Crippen LogP contribution in [0.5, 0.6) is 5.75 Å². The standard InChI is InChI=1S/C22H21NO4/c1-4-9-23-14(2)10-18(15(23)3)21(25)13-27-22(26)19-11-16-7-5-6-8-17(16)12-20(19)24/h4-8,10-12,24H,1,9,13H2,2-3H3. The van der Waals surface area contributed by atoms with Crippen LogP contribution in [0.1, 0.15) is 32.1 Å². The lowest BCUT2D eigenvalue weighted by molar-refractivity contribution is 0.0472. The van der Waals surface area contributed by atoms with E-state index in [9.17, 15) is 14.7 Å². The van der Waals surface area contributed by atoms with Gasteiger partial charge in [-0.2, -0.15) is 0 Å². The fourth-order valence-corrected chi connectivity index (χ4v) is 3.17. The van der Waals surface area contributed by atoms with E-state index in [1.807, 2.05) is 42.7 Å². The number of ether oxygens (including phenoxy) is 1. The summed E-state index contributed by atoms with van der Waals surface area (Å²) in [4.78, 5) is 24.8. The zero-order valence-electron chi connectivity index (χ0n) is 15.4. The Morgan fingerprint density at radius 2 is 1.78 bits per heavy atom. The predicted octanol–water partition coefficient (Wildman–Crippen LogP) is 4.19. The Kier molecular flexibility index (Phi) is 5.12. The molecule has 2 aromatic carbocycles. The molecule has 138 valence electrons. The number of phenolic OH excluding ortho intramolecular Hbond substituents is 1. The number of Topliss-reactive ketones (excluding diaryl/α,β-unsaturated/α-hetero) is 1. The zero-order chi connectivity index (χ0) is 19.6. The third kappa shape index (κ3) is 3.62. The summed E-state index contributed by atoms with van der Waals surface area (Å²) in [6.45, 7) is 7.69. The molecule has 1 aromatic heterocycles. The number of nitrogens with zero attached hydrogens (tertiary/aromatic N) is 1. The number of esters is 1. The Morgan fingerprint density at radius 3 is 2.44 bits per heavy atom. The number of aromatic hydroxyl groups is 1. The second-order valence-electron chi connectivity index (χ2n) is 6.40. The second kappa shape index (κ2) is 7.50. The molecule has 0 bridgehead atoms. The predicted molar refractivity (Wildman–Crippen MR) is 104 cm³/mol. The minimum atomic E-state index is -0.730. The first-order chi connectivity index (χ1) is 12.9. The van der Waals surface area contributed by atoms with Crippen LogP contribution < -0.4 is 0 Å². The number of aryl methyl sites for hydroxylation is 1. The van der Waals surface area contributed by atoms with Gasteiger partial charge in [-0.25, -0.2) is 4.79 Å². The number of hydrogen-bond acceptors (Lipinski definition) is 4. The Balaban J connectivity index is 1.76. The molecule has 27 heavy (non-hydrogen) atoms. The molecule has 3 rings (SSSR count). The van der Waals surface area contributed by atoms with Gasteiger partial charge >= 0.3 is 5.97 Å². The van der Waals surface area contributed by atoms with Gasteiger partial charge in [0, 0.05) is 23.5 Å². The van der Waals surface area contributed by atoms with Crippen LogP contribution in [0.15, 0.2) is 55.1 Å². The third-order valence-corrected chi connectivity index (χ3v) is 4.60. The number of ketones is 1. The highest BCUT2D eigenvalue weighted by Gasteiger charge is 2.19. The Bertz CT molecular complexity index is 1050. The number of benzene rings is 2. The van der Waals surface area contributed by atoms with Crippen molar-refractivity contribution in [1.29, 1.82) is 0 Å². The molecule has 0 fully saturated rings. The number of carbonyl (C=O) groups excluding carboxylic acids is 2. The van der Waals surface area contributed by atoms with Gasteiger partial charge in [0.2, 0.25) is 5.78 Å². The summed E-state index contributed by atoms with van der Waals surface area (Å²) in [7, 11) is 0. The van der Waals surface area contributed by atoms with Gasteiger partial charge in [0.05, 0.1) is 0 Å². The van der Waals surface area contributed by atoms with Crippen LogP contribution in [-0.4, -0.2) is 28.0 Å². The number of aromatic nitrogens is 1. The van der Waals surface area contributed by atoms with Gasteiger partial charge in [-0.05, 0) is 42.8 Å². The fourth-order valence-electron chi connectivity index (χ4n) is 3.17. The van der Waals surface area contributed by atoms with E-state index in [0.29, 0.717) is 12.1 Å². The van der Waals surface area contributed by atoms with Crippen LogP contribution in [-0.2, 0) is 11.3 Å². The Morgan fingerprint density at radius 1 is 1.11 bits per heavy atom. The van der Waals surface area contributed by atoms with E-state index in [2.05, 4.69) is 6.58 Å². The number of rotatable bonds is 6. The van der Waals surface area contributed by atoms with Crippen molar-refractivity contribution in [2.75, 3.05) is 6.61 Å².